The predicted molar refractivity (Wildman–Crippen MR) is 85.1 cm³/mol. The maximum atomic E-state index is 11.0. The van der Waals surface area contributed by atoms with Gasteiger partial charge in [0.05, 0.1) is 11.8 Å². The van der Waals surface area contributed by atoms with Gasteiger partial charge in [-0.3, -0.25) is 0 Å². The van der Waals surface area contributed by atoms with Crippen molar-refractivity contribution in [3.05, 3.63) is 47.4 Å². The number of para-hydroxylation sites is 2. The van der Waals surface area contributed by atoms with Crippen LogP contribution in [0.2, 0.25) is 0 Å². The van der Waals surface area contributed by atoms with Gasteiger partial charge >= 0.3 is 0 Å². The number of fused-ring (bicyclic) bond motifs is 1. The summed E-state index contributed by atoms with van der Waals surface area (Å²) >= 11 is 0. The Morgan fingerprint density at radius 2 is 2.14 bits per heavy atom. The van der Waals surface area contributed by atoms with Crippen molar-refractivity contribution in [1.29, 1.82) is 0 Å². The van der Waals surface area contributed by atoms with Crippen molar-refractivity contribution in [3.8, 4) is 11.5 Å². The molecule has 6 nitrogen and oxygen atoms in total. The van der Waals surface area contributed by atoms with E-state index in [1.54, 1.807) is 25.1 Å². The van der Waals surface area contributed by atoms with E-state index in [9.17, 15) is 10.0 Å². The molecule has 0 amide bonds. The minimum absolute atomic E-state index is 0.250. The van der Waals surface area contributed by atoms with Gasteiger partial charge in [-0.15, -0.1) is 4.91 Å². The highest BCUT2D eigenvalue weighted by atomic mass is 16.3. The SMILES string of the molecule is CC(O)CNc1ccc(-c2nc3ccccc3o2)cc1N=O. The highest BCUT2D eigenvalue weighted by molar-refractivity contribution is 5.78. The van der Waals surface area contributed by atoms with Crippen LogP contribution >= 0.6 is 0 Å². The van der Waals surface area contributed by atoms with Gasteiger partial charge in [-0.25, -0.2) is 4.98 Å². The Morgan fingerprint density at radius 3 is 2.86 bits per heavy atom. The second-order valence-electron chi connectivity index (χ2n) is 5.04. The molecule has 0 fully saturated rings. The summed E-state index contributed by atoms with van der Waals surface area (Å²) in [5.41, 5.74) is 2.94. The standard InChI is InChI=1S/C16H15N3O3/c1-10(20)9-17-12-7-6-11(8-14(12)19-21)16-18-13-4-2-3-5-15(13)22-16/h2-8,10,17,20H,9H2,1H3. The number of hydrogen-bond donors (Lipinski definition) is 2. The molecule has 112 valence electrons. The van der Waals surface area contributed by atoms with Crippen LogP contribution in [0.1, 0.15) is 6.92 Å². The molecule has 0 aliphatic carbocycles. The average molecular weight is 297 g/mol. The van der Waals surface area contributed by atoms with E-state index < -0.39 is 6.10 Å². The van der Waals surface area contributed by atoms with E-state index in [1.165, 1.54) is 0 Å². The fraction of sp³-hybridized carbons (Fsp3) is 0.188. The van der Waals surface area contributed by atoms with Crippen LogP contribution in [0.4, 0.5) is 11.4 Å². The molecule has 0 saturated carbocycles. The number of aliphatic hydroxyl groups is 1. The van der Waals surface area contributed by atoms with E-state index in [-0.39, 0.29) is 5.69 Å². The Kier molecular flexibility index (Phi) is 3.84. The topological polar surface area (TPSA) is 87.7 Å². The molecule has 0 saturated heterocycles. The quantitative estimate of drug-likeness (QED) is 0.701. The monoisotopic (exact) mass is 297 g/mol. The van der Waals surface area contributed by atoms with Gasteiger partial charge < -0.3 is 14.8 Å². The fourth-order valence-corrected chi connectivity index (χ4v) is 2.14. The Morgan fingerprint density at radius 1 is 1.32 bits per heavy atom. The van der Waals surface area contributed by atoms with Crippen LogP contribution in [-0.4, -0.2) is 22.7 Å². The first-order valence-corrected chi connectivity index (χ1v) is 6.92. The lowest BCUT2D eigenvalue weighted by molar-refractivity contribution is 0.208. The lowest BCUT2D eigenvalue weighted by atomic mass is 10.1. The molecule has 1 atom stereocenters. The van der Waals surface area contributed by atoms with Crippen LogP contribution in [0.5, 0.6) is 0 Å². The molecule has 3 rings (SSSR count). The summed E-state index contributed by atoms with van der Waals surface area (Å²) in [5.74, 6) is 0.438. The largest absolute Gasteiger partial charge is 0.436 e. The average Bonchev–Trinajstić information content (AvgIpc) is 2.96. The van der Waals surface area contributed by atoms with Gasteiger partial charge in [0.2, 0.25) is 5.89 Å². The van der Waals surface area contributed by atoms with Crippen LogP contribution in [0.3, 0.4) is 0 Å². The number of nitrogens with zero attached hydrogens (tertiary/aromatic N) is 2. The van der Waals surface area contributed by atoms with Gasteiger partial charge in [-0.1, -0.05) is 12.1 Å². The summed E-state index contributed by atoms with van der Waals surface area (Å²) in [7, 11) is 0. The van der Waals surface area contributed by atoms with E-state index in [4.69, 9.17) is 4.42 Å². The Balaban J connectivity index is 1.95. The van der Waals surface area contributed by atoms with Crippen LogP contribution in [0, 0.1) is 4.91 Å². The molecule has 1 aromatic heterocycles. The zero-order valence-electron chi connectivity index (χ0n) is 12.0. The number of oxazole rings is 1. The summed E-state index contributed by atoms with van der Waals surface area (Å²) in [6, 6.07) is 12.6. The van der Waals surface area contributed by atoms with Gasteiger partial charge in [-0.05, 0) is 42.4 Å². The summed E-state index contributed by atoms with van der Waals surface area (Å²) in [5, 5.41) is 15.3. The number of hydrogen-bond acceptors (Lipinski definition) is 6. The van der Waals surface area contributed by atoms with Crippen molar-refractivity contribution in [2.75, 3.05) is 11.9 Å². The highest BCUT2D eigenvalue weighted by Gasteiger charge is 2.11. The fourth-order valence-electron chi connectivity index (χ4n) is 2.14. The summed E-state index contributed by atoms with van der Waals surface area (Å²) in [6.07, 6.45) is -0.517. The van der Waals surface area contributed by atoms with Crippen LogP contribution in [0.25, 0.3) is 22.6 Å². The molecule has 0 aliphatic heterocycles. The van der Waals surface area contributed by atoms with E-state index in [2.05, 4.69) is 15.5 Å². The number of nitrogens with one attached hydrogen (secondary N) is 1. The summed E-state index contributed by atoms with van der Waals surface area (Å²) in [6.45, 7) is 2.00. The third-order valence-electron chi connectivity index (χ3n) is 3.22. The first-order chi connectivity index (χ1) is 10.7. The number of aromatic nitrogens is 1. The Bertz CT molecular complexity index is 778. The Hall–Kier alpha value is -2.73. The molecule has 1 heterocycles. The summed E-state index contributed by atoms with van der Waals surface area (Å²) < 4.78 is 5.68. The van der Waals surface area contributed by atoms with Crippen molar-refractivity contribution >= 4 is 22.5 Å². The van der Waals surface area contributed by atoms with E-state index in [1.807, 2.05) is 24.3 Å². The first kappa shape index (κ1) is 14.2. The van der Waals surface area contributed by atoms with Gasteiger partial charge in [0, 0.05) is 12.1 Å². The van der Waals surface area contributed by atoms with Gasteiger partial charge in [0.15, 0.2) is 5.58 Å². The van der Waals surface area contributed by atoms with Crippen molar-refractivity contribution in [2.45, 2.75) is 13.0 Å². The number of aliphatic hydroxyl groups excluding tert-OH is 1. The lowest BCUT2D eigenvalue weighted by Gasteiger charge is -2.10. The van der Waals surface area contributed by atoms with Crippen molar-refractivity contribution < 1.29 is 9.52 Å². The van der Waals surface area contributed by atoms with Gasteiger partial charge in [0.25, 0.3) is 0 Å². The van der Waals surface area contributed by atoms with E-state index in [0.717, 1.165) is 5.52 Å². The molecule has 6 heteroatoms. The highest BCUT2D eigenvalue weighted by Crippen LogP contribution is 2.32. The molecule has 2 aromatic carbocycles. The maximum Gasteiger partial charge on any atom is 0.227 e. The molecular weight excluding hydrogens is 282 g/mol. The molecule has 0 radical (unpaired) electrons. The second kappa shape index (κ2) is 5.95. The van der Waals surface area contributed by atoms with Crippen LogP contribution in [-0.2, 0) is 0 Å². The summed E-state index contributed by atoms with van der Waals surface area (Å²) in [4.78, 5) is 15.4. The second-order valence-corrected chi connectivity index (χ2v) is 5.04. The molecule has 0 aliphatic rings. The lowest BCUT2D eigenvalue weighted by Crippen LogP contribution is -2.15. The number of rotatable bonds is 5. The van der Waals surface area contributed by atoms with Crippen molar-refractivity contribution in [2.24, 2.45) is 5.18 Å². The van der Waals surface area contributed by atoms with Crippen LogP contribution in [0.15, 0.2) is 52.1 Å². The predicted octanol–water partition coefficient (Wildman–Crippen LogP) is 3.69. The van der Waals surface area contributed by atoms with E-state index >= 15 is 0 Å². The number of nitroso groups, excluding NO2 is 1. The van der Waals surface area contributed by atoms with Gasteiger partial charge in [-0.2, -0.15) is 0 Å². The Labute approximate surface area is 126 Å². The van der Waals surface area contributed by atoms with Crippen LogP contribution < -0.4 is 5.32 Å². The molecular formula is C16H15N3O3. The van der Waals surface area contributed by atoms with E-state index in [0.29, 0.717) is 29.3 Å². The van der Waals surface area contributed by atoms with Crippen molar-refractivity contribution in [3.63, 3.8) is 0 Å². The minimum atomic E-state index is -0.517. The number of benzene rings is 2. The molecule has 1 unspecified atom stereocenters. The van der Waals surface area contributed by atoms with Crippen molar-refractivity contribution in [1.82, 2.24) is 4.98 Å². The first-order valence-electron chi connectivity index (χ1n) is 6.92. The third-order valence-corrected chi connectivity index (χ3v) is 3.22. The molecule has 22 heavy (non-hydrogen) atoms. The maximum absolute atomic E-state index is 11.0. The zero-order valence-corrected chi connectivity index (χ0v) is 12.0. The third kappa shape index (κ3) is 2.82. The molecule has 0 bridgehead atoms. The molecule has 0 spiro atoms. The zero-order chi connectivity index (χ0) is 15.5. The normalized spacial score (nSPS) is 12.3. The van der Waals surface area contributed by atoms with Gasteiger partial charge in [0.1, 0.15) is 11.2 Å². The smallest absolute Gasteiger partial charge is 0.227 e. The number of anilines is 1. The molecule has 2 N–H and O–H groups in total. The minimum Gasteiger partial charge on any atom is -0.436 e. The molecule has 3 aromatic rings.